The zero-order valence-corrected chi connectivity index (χ0v) is 13.4. The van der Waals surface area contributed by atoms with Gasteiger partial charge in [0.2, 0.25) is 5.91 Å². The van der Waals surface area contributed by atoms with Crippen molar-refractivity contribution in [2.24, 2.45) is 0 Å². The average Bonchev–Trinajstić information content (AvgIpc) is 2.58. The van der Waals surface area contributed by atoms with Gasteiger partial charge < -0.3 is 10.2 Å². The third kappa shape index (κ3) is 3.17. The van der Waals surface area contributed by atoms with Crippen LogP contribution in [-0.4, -0.2) is 28.8 Å². The van der Waals surface area contributed by atoms with Gasteiger partial charge >= 0.3 is 0 Å². The van der Waals surface area contributed by atoms with Crippen LogP contribution in [0.2, 0.25) is 0 Å². The number of amides is 2. The van der Waals surface area contributed by atoms with Crippen molar-refractivity contribution in [1.29, 1.82) is 0 Å². The van der Waals surface area contributed by atoms with E-state index in [4.69, 9.17) is 0 Å². The first-order valence-electron chi connectivity index (χ1n) is 7.17. The van der Waals surface area contributed by atoms with E-state index in [0.29, 0.717) is 22.7 Å². The molecule has 2 aromatic carbocycles. The van der Waals surface area contributed by atoms with Crippen LogP contribution in [-0.2, 0) is 22.1 Å². The number of anilines is 1. The molecule has 0 spiro atoms. The molecule has 0 aromatic heterocycles. The zero-order chi connectivity index (χ0) is 16.4. The summed E-state index contributed by atoms with van der Waals surface area (Å²) in [6.45, 7) is 0.428. The highest BCUT2D eigenvalue weighted by molar-refractivity contribution is 7.86. The Balaban J connectivity index is 1.80. The van der Waals surface area contributed by atoms with Crippen LogP contribution in [0.25, 0.3) is 0 Å². The molecule has 1 aliphatic heterocycles. The Kier molecular flexibility index (Phi) is 4.25. The number of carbonyl (C=O) groups is 2. The molecule has 1 aliphatic rings. The van der Waals surface area contributed by atoms with Gasteiger partial charge in [0, 0.05) is 19.2 Å². The lowest BCUT2D eigenvalue weighted by molar-refractivity contribution is -0.116. The number of hydrogen-bond donors (Lipinski definition) is 1. The predicted octanol–water partition coefficient (Wildman–Crippen LogP) is 1.70. The fraction of sp³-hybridized carbons (Fsp3) is 0.176. The smallest absolute Gasteiger partial charge is 0.251 e. The monoisotopic (exact) mass is 328 g/mol. The van der Waals surface area contributed by atoms with Crippen LogP contribution in [0.4, 0.5) is 5.69 Å². The lowest BCUT2D eigenvalue weighted by Gasteiger charge is -2.25. The highest BCUT2D eigenvalue weighted by atomic mass is 32.2. The van der Waals surface area contributed by atoms with Crippen LogP contribution in [0.15, 0.2) is 53.4 Å². The van der Waals surface area contributed by atoms with Gasteiger partial charge in [0.15, 0.2) is 0 Å². The summed E-state index contributed by atoms with van der Waals surface area (Å²) in [5, 5.41) is 2.84. The van der Waals surface area contributed by atoms with Gasteiger partial charge in [-0.25, -0.2) is 0 Å². The van der Waals surface area contributed by atoms with Crippen molar-refractivity contribution in [3.05, 3.63) is 59.7 Å². The number of nitrogens with one attached hydrogen (secondary N) is 1. The van der Waals surface area contributed by atoms with E-state index in [9.17, 15) is 13.8 Å². The molecule has 5 nitrogen and oxygen atoms in total. The molecule has 3 rings (SSSR count). The van der Waals surface area contributed by atoms with Crippen molar-refractivity contribution < 1.29 is 13.8 Å². The Hall–Kier alpha value is -2.47. The van der Waals surface area contributed by atoms with E-state index in [2.05, 4.69) is 5.32 Å². The summed E-state index contributed by atoms with van der Waals surface area (Å²) >= 11 is 0. The Bertz CT molecular complexity index is 790. The minimum Gasteiger partial charge on any atom is -0.348 e. The molecule has 0 radical (unpaired) electrons. The first-order valence-corrected chi connectivity index (χ1v) is 8.49. The highest BCUT2D eigenvalue weighted by Gasteiger charge is 2.27. The molecule has 0 bridgehead atoms. The lowest BCUT2D eigenvalue weighted by atomic mass is 10.1. The predicted molar refractivity (Wildman–Crippen MR) is 88.7 cm³/mol. The molecule has 1 atom stereocenters. The van der Waals surface area contributed by atoms with Crippen LogP contribution >= 0.6 is 0 Å². The van der Waals surface area contributed by atoms with Crippen molar-refractivity contribution in [3.8, 4) is 0 Å². The van der Waals surface area contributed by atoms with Gasteiger partial charge in [-0.1, -0.05) is 30.3 Å². The number of benzene rings is 2. The quantitative estimate of drug-likeness (QED) is 0.932. The van der Waals surface area contributed by atoms with Gasteiger partial charge in [-0.05, 0) is 23.8 Å². The summed E-state index contributed by atoms with van der Waals surface area (Å²) in [7, 11) is 0.284. The van der Waals surface area contributed by atoms with Gasteiger partial charge in [0.25, 0.3) is 5.91 Å². The van der Waals surface area contributed by atoms with E-state index in [1.54, 1.807) is 25.2 Å². The average molecular weight is 328 g/mol. The molecule has 6 heteroatoms. The molecule has 1 heterocycles. The van der Waals surface area contributed by atoms with Crippen molar-refractivity contribution in [3.63, 3.8) is 0 Å². The Morgan fingerprint density at radius 2 is 1.96 bits per heavy atom. The maximum absolute atomic E-state index is 12.3. The third-order valence-corrected chi connectivity index (χ3v) is 5.10. The van der Waals surface area contributed by atoms with E-state index >= 15 is 0 Å². The molecule has 2 amide bonds. The minimum atomic E-state index is -1.34. The summed E-state index contributed by atoms with van der Waals surface area (Å²) in [5.41, 5.74) is 1.98. The van der Waals surface area contributed by atoms with E-state index in [1.807, 2.05) is 30.3 Å². The molecular weight excluding hydrogens is 312 g/mol. The Labute approximate surface area is 136 Å². The summed E-state index contributed by atoms with van der Waals surface area (Å²) in [6, 6.07) is 14.5. The van der Waals surface area contributed by atoms with Crippen LogP contribution in [0, 0.1) is 0 Å². The van der Waals surface area contributed by atoms with Gasteiger partial charge in [0.05, 0.1) is 21.4 Å². The molecule has 1 N–H and O–H groups in total. The molecule has 0 aliphatic carbocycles. The van der Waals surface area contributed by atoms with Crippen LogP contribution < -0.4 is 10.2 Å². The van der Waals surface area contributed by atoms with Gasteiger partial charge in [-0.2, -0.15) is 0 Å². The summed E-state index contributed by atoms with van der Waals surface area (Å²) < 4.78 is 12.0. The first kappa shape index (κ1) is 15.4. The maximum atomic E-state index is 12.3. The van der Waals surface area contributed by atoms with Gasteiger partial charge in [-0.15, -0.1) is 0 Å². The molecule has 2 aromatic rings. The van der Waals surface area contributed by atoms with E-state index in [1.165, 1.54) is 4.90 Å². The van der Waals surface area contributed by atoms with Gasteiger partial charge in [0.1, 0.15) is 5.75 Å². The SMILES string of the molecule is CN1C(=O)CS(=O)c2ccc(C(=O)NCc3ccccc3)cc21. The molecule has 0 saturated heterocycles. The lowest BCUT2D eigenvalue weighted by Crippen LogP contribution is -2.36. The van der Waals surface area contributed by atoms with Crippen molar-refractivity contribution >= 4 is 28.3 Å². The van der Waals surface area contributed by atoms with Crippen molar-refractivity contribution in [2.45, 2.75) is 11.4 Å². The zero-order valence-electron chi connectivity index (χ0n) is 12.6. The molecular formula is C17H16N2O3S. The normalized spacial score (nSPS) is 16.8. The second kappa shape index (κ2) is 6.34. The summed E-state index contributed by atoms with van der Waals surface area (Å²) in [5.74, 6) is -0.449. The third-order valence-electron chi connectivity index (χ3n) is 3.75. The molecule has 1 unspecified atom stereocenters. The Morgan fingerprint density at radius 1 is 1.22 bits per heavy atom. The fourth-order valence-corrected chi connectivity index (χ4v) is 3.64. The van der Waals surface area contributed by atoms with Crippen molar-refractivity contribution in [1.82, 2.24) is 5.32 Å². The Morgan fingerprint density at radius 3 is 2.70 bits per heavy atom. The first-order chi connectivity index (χ1) is 11.1. The number of fused-ring (bicyclic) bond motifs is 1. The maximum Gasteiger partial charge on any atom is 0.251 e. The standard InChI is InChI=1S/C17H16N2O3S/c1-19-14-9-13(7-8-15(14)23(22)11-16(19)20)17(21)18-10-12-5-3-2-4-6-12/h2-9H,10-11H2,1H3,(H,18,21). The number of carbonyl (C=O) groups excluding carboxylic acids is 2. The second-order valence-corrected chi connectivity index (χ2v) is 6.71. The van der Waals surface area contributed by atoms with Gasteiger partial charge in [-0.3, -0.25) is 13.8 Å². The molecule has 23 heavy (non-hydrogen) atoms. The molecule has 0 fully saturated rings. The largest absolute Gasteiger partial charge is 0.348 e. The summed E-state index contributed by atoms with van der Waals surface area (Å²) in [4.78, 5) is 26.1. The van der Waals surface area contributed by atoms with Crippen LogP contribution in [0.1, 0.15) is 15.9 Å². The van der Waals surface area contributed by atoms with E-state index in [0.717, 1.165) is 5.56 Å². The number of rotatable bonds is 3. The van der Waals surface area contributed by atoms with Crippen molar-refractivity contribution in [2.75, 3.05) is 17.7 Å². The summed E-state index contributed by atoms with van der Waals surface area (Å²) in [6.07, 6.45) is 0. The highest BCUT2D eigenvalue weighted by Crippen LogP contribution is 2.29. The molecule has 118 valence electrons. The fourth-order valence-electron chi connectivity index (χ4n) is 2.41. The van der Waals surface area contributed by atoms with E-state index in [-0.39, 0.29) is 17.6 Å². The number of nitrogens with zero attached hydrogens (tertiary/aromatic N) is 1. The minimum absolute atomic E-state index is 0.0109. The van der Waals surface area contributed by atoms with Crippen LogP contribution in [0.5, 0.6) is 0 Å². The number of hydrogen-bond acceptors (Lipinski definition) is 3. The topological polar surface area (TPSA) is 66.5 Å². The second-order valence-electron chi connectivity index (χ2n) is 5.29. The molecule has 0 saturated carbocycles. The van der Waals surface area contributed by atoms with Crippen LogP contribution in [0.3, 0.4) is 0 Å². The van der Waals surface area contributed by atoms with E-state index < -0.39 is 10.8 Å².